The van der Waals surface area contributed by atoms with Crippen molar-refractivity contribution < 1.29 is 4.74 Å². The van der Waals surface area contributed by atoms with E-state index < -0.39 is 0 Å². The maximum Gasteiger partial charge on any atom is 0.150 e. The molecule has 0 aliphatic heterocycles. The van der Waals surface area contributed by atoms with Crippen molar-refractivity contribution in [3.8, 4) is 11.5 Å². The second-order valence-electron chi connectivity index (χ2n) is 4.39. The Morgan fingerprint density at radius 2 is 1.72 bits per heavy atom. The fourth-order valence-electron chi connectivity index (χ4n) is 1.81. The van der Waals surface area contributed by atoms with E-state index in [-0.39, 0.29) is 0 Å². The van der Waals surface area contributed by atoms with E-state index in [0.29, 0.717) is 11.4 Å². The van der Waals surface area contributed by atoms with Gasteiger partial charge >= 0.3 is 0 Å². The van der Waals surface area contributed by atoms with E-state index in [1.807, 2.05) is 36.4 Å². The molecule has 0 amide bonds. The number of para-hydroxylation sites is 2. The summed E-state index contributed by atoms with van der Waals surface area (Å²) in [6.07, 6.45) is 3.58. The molecule has 0 saturated heterocycles. The molecule has 0 fully saturated rings. The predicted octanol–water partition coefficient (Wildman–Crippen LogP) is 4.40. The second-order valence-corrected chi connectivity index (χ2v) is 4.39. The van der Waals surface area contributed by atoms with Gasteiger partial charge < -0.3 is 10.5 Å². The van der Waals surface area contributed by atoms with Gasteiger partial charge in [-0.25, -0.2) is 0 Å². The van der Waals surface area contributed by atoms with Crippen LogP contribution in [-0.2, 0) is 6.42 Å². The molecule has 0 aliphatic carbocycles. The van der Waals surface area contributed by atoms with Crippen LogP contribution >= 0.6 is 0 Å². The van der Waals surface area contributed by atoms with Crippen LogP contribution in [0.25, 0.3) is 0 Å². The van der Waals surface area contributed by atoms with E-state index in [2.05, 4.69) is 19.1 Å². The minimum Gasteiger partial charge on any atom is -0.455 e. The first-order chi connectivity index (χ1) is 8.79. The van der Waals surface area contributed by atoms with E-state index >= 15 is 0 Å². The van der Waals surface area contributed by atoms with Gasteiger partial charge in [0.25, 0.3) is 0 Å². The Kier molecular flexibility index (Phi) is 4.24. The fourth-order valence-corrected chi connectivity index (χ4v) is 1.81. The lowest BCUT2D eigenvalue weighted by molar-refractivity contribution is 0.485. The number of hydrogen-bond acceptors (Lipinski definition) is 2. The molecule has 0 radical (unpaired) electrons. The van der Waals surface area contributed by atoms with E-state index in [1.54, 1.807) is 0 Å². The average Bonchev–Trinajstić information content (AvgIpc) is 2.41. The number of nitrogens with two attached hydrogens (primary N) is 1. The molecule has 0 aliphatic rings. The van der Waals surface area contributed by atoms with E-state index in [9.17, 15) is 0 Å². The summed E-state index contributed by atoms with van der Waals surface area (Å²) < 4.78 is 5.74. The van der Waals surface area contributed by atoms with Crippen LogP contribution in [0.5, 0.6) is 11.5 Å². The Bertz CT molecular complexity index is 491. The number of rotatable bonds is 5. The molecule has 2 nitrogen and oxygen atoms in total. The first kappa shape index (κ1) is 12.5. The van der Waals surface area contributed by atoms with Crippen LogP contribution in [0, 0.1) is 0 Å². The minimum absolute atomic E-state index is 0.660. The quantitative estimate of drug-likeness (QED) is 0.787. The van der Waals surface area contributed by atoms with Gasteiger partial charge in [-0.3, -0.25) is 0 Å². The number of nitrogen functional groups attached to an aromatic ring is 1. The summed E-state index contributed by atoms with van der Waals surface area (Å²) in [5, 5.41) is 0. The van der Waals surface area contributed by atoms with E-state index in [4.69, 9.17) is 10.5 Å². The van der Waals surface area contributed by atoms with Crippen LogP contribution in [0.2, 0.25) is 0 Å². The van der Waals surface area contributed by atoms with E-state index in [0.717, 1.165) is 12.2 Å². The van der Waals surface area contributed by atoms with Crippen LogP contribution in [0.4, 0.5) is 5.69 Å². The molecule has 0 unspecified atom stereocenters. The SMILES string of the molecule is CCCCc1ccc(Oc2ccccc2N)cc1. The summed E-state index contributed by atoms with van der Waals surface area (Å²) in [4.78, 5) is 0. The first-order valence-electron chi connectivity index (χ1n) is 6.41. The second kappa shape index (κ2) is 6.10. The lowest BCUT2D eigenvalue weighted by atomic mass is 10.1. The number of benzene rings is 2. The number of hydrogen-bond donors (Lipinski definition) is 1. The van der Waals surface area contributed by atoms with Gasteiger partial charge in [0.1, 0.15) is 11.5 Å². The Morgan fingerprint density at radius 1 is 1.00 bits per heavy atom. The van der Waals surface area contributed by atoms with Crippen molar-refractivity contribution in [3.05, 3.63) is 54.1 Å². The van der Waals surface area contributed by atoms with Gasteiger partial charge in [0.15, 0.2) is 0 Å². The number of aryl methyl sites for hydroxylation is 1. The largest absolute Gasteiger partial charge is 0.455 e. The topological polar surface area (TPSA) is 35.2 Å². The summed E-state index contributed by atoms with van der Waals surface area (Å²) in [5.74, 6) is 1.53. The molecule has 2 rings (SSSR count). The van der Waals surface area contributed by atoms with Gasteiger partial charge in [-0.2, -0.15) is 0 Å². The highest BCUT2D eigenvalue weighted by molar-refractivity contribution is 5.53. The molecule has 2 heteroatoms. The van der Waals surface area contributed by atoms with Crippen LogP contribution in [0.3, 0.4) is 0 Å². The van der Waals surface area contributed by atoms with Crippen molar-refractivity contribution in [1.29, 1.82) is 0 Å². The highest BCUT2D eigenvalue weighted by Crippen LogP contribution is 2.27. The molecule has 94 valence electrons. The number of unbranched alkanes of at least 4 members (excludes halogenated alkanes) is 1. The monoisotopic (exact) mass is 241 g/mol. The molecule has 0 aromatic heterocycles. The molecule has 2 aromatic rings. The third kappa shape index (κ3) is 3.27. The molecule has 2 aromatic carbocycles. The third-order valence-corrected chi connectivity index (χ3v) is 2.89. The van der Waals surface area contributed by atoms with Gasteiger partial charge in [0, 0.05) is 0 Å². The minimum atomic E-state index is 0.660. The van der Waals surface area contributed by atoms with Gasteiger partial charge in [-0.15, -0.1) is 0 Å². The molecule has 0 spiro atoms. The molecular formula is C16H19NO. The normalized spacial score (nSPS) is 10.3. The lowest BCUT2D eigenvalue weighted by Gasteiger charge is -2.08. The smallest absolute Gasteiger partial charge is 0.150 e. The molecular weight excluding hydrogens is 222 g/mol. The van der Waals surface area contributed by atoms with Crippen molar-refractivity contribution in [2.24, 2.45) is 0 Å². The van der Waals surface area contributed by atoms with Gasteiger partial charge in [-0.1, -0.05) is 37.6 Å². The molecule has 0 saturated carbocycles. The maximum atomic E-state index is 5.84. The van der Waals surface area contributed by atoms with Crippen LogP contribution in [-0.4, -0.2) is 0 Å². The third-order valence-electron chi connectivity index (χ3n) is 2.89. The number of ether oxygens (including phenoxy) is 1. The van der Waals surface area contributed by atoms with Gasteiger partial charge in [0.05, 0.1) is 5.69 Å². The highest BCUT2D eigenvalue weighted by atomic mass is 16.5. The van der Waals surface area contributed by atoms with Crippen molar-refractivity contribution in [3.63, 3.8) is 0 Å². The average molecular weight is 241 g/mol. The molecule has 18 heavy (non-hydrogen) atoms. The summed E-state index contributed by atoms with van der Waals surface area (Å²) in [5.41, 5.74) is 7.85. The van der Waals surface area contributed by atoms with Gasteiger partial charge in [0.2, 0.25) is 0 Å². The van der Waals surface area contributed by atoms with Crippen molar-refractivity contribution >= 4 is 5.69 Å². The molecule has 0 bridgehead atoms. The Labute approximate surface area is 108 Å². The Balaban J connectivity index is 2.04. The van der Waals surface area contributed by atoms with Crippen LogP contribution in [0.15, 0.2) is 48.5 Å². The zero-order valence-electron chi connectivity index (χ0n) is 10.7. The molecule has 0 heterocycles. The van der Waals surface area contributed by atoms with Crippen LogP contribution in [0.1, 0.15) is 25.3 Å². The lowest BCUT2D eigenvalue weighted by Crippen LogP contribution is -1.91. The standard InChI is InChI=1S/C16H19NO/c1-2-3-6-13-9-11-14(12-10-13)18-16-8-5-4-7-15(16)17/h4-5,7-12H,2-3,6,17H2,1H3. The predicted molar refractivity (Wildman–Crippen MR) is 76.0 cm³/mol. The van der Waals surface area contributed by atoms with Crippen LogP contribution < -0.4 is 10.5 Å². The maximum absolute atomic E-state index is 5.84. The zero-order chi connectivity index (χ0) is 12.8. The van der Waals surface area contributed by atoms with Crippen molar-refractivity contribution in [1.82, 2.24) is 0 Å². The first-order valence-corrected chi connectivity index (χ1v) is 6.41. The van der Waals surface area contributed by atoms with Crippen molar-refractivity contribution in [2.75, 3.05) is 5.73 Å². The van der Waals surface area contributed by atoms with Gasteiger partial charge in [-0.05, 0) is 42.7 Å². The summed E-state index contributed by atoms with van der Waals surface area (Å²) in [7, 11) is 0. The Morgan fingerprint density at radius 3 is 2.39 bits per heavy atom. The molecule has 2 N–H and O–H groups in total. The summed E-state index contributed by atoms with van der Waals surface area (Å²) in [6, 6.07) is 15.8. The number of anilines is 1. The Hall–Kier alpha value is -1.96. The van der Waals surface area contributed by atoms with Crippen molar-refractivity contribution in [2.45, 2.75) is 26.2 Å². The highest BCUT2D eigenvalue weighted by Gasteiger charge is 2.01. The molecule has 0 atom stereocenters. The summed E-state index contributed by atoms with van der Waals surface area (Å²) >= 11 is 0. The zero-order valence-corrected chi connectivity index (χ0v) is 10.7. The summed E-state index contributed by atoms with van der Waals surface area (Å²) in [6.45, 7) is 2.20. The fraction of sp³-hybridized carbons (Fsp3) is 0.250. The van der Waals surface area contributed by atoms with E-state index in [1.165, 1.54) is 18.4 Å².